The summed E-state index contributed by atoms with van der Waals surface area (Å²) in [5, 5.41) is 18.2. The number of aromatic nitrogens is 6. The van der Waals surface area contributed by atoms with Crippen molar-refractivity contribution in [3.05, 3.63) is 145 Å². The van der Waals surface area contributed by atoms with Crippen molar-refractivity contribution in [1.29, 1.82) is 0 Å². The molecule has 14 nitrogen and oxygen atoms in total. The Morgan fingerprint density at radius 1 is 0.600 bits per heavy atom. The summed E-state index contributed by atoms with van der Waals surface area (Å²) in [6.45, 7) is 1.16. The predicted molar refractivity (Wildman–Crippen MR) is 237 cm³/mol. The quantitative estimate of drug-likeness (QED) is 0.108. The van der Waals surface area contributed by atoms with Crippen LogP contribution in [0.15, 0.2) is 117 Å². The number of nitrogens with one attached hydrogen (secondary N) is 1. The number of carbonyl (C=O) groups is 3. The molecule has 0 fully saturated rings. The van der Waals surface area contributed by atoms with Gasteiger partial charge in [-0.15, -0.1) is 0 Å². The highest BCUT2D eigenvalue weighted by Gasteiger charge is 2.18. The molecular formula is C43H37Br3N6O8. The Morgan fingerprint density at radius 3 is 1.68 bits per heavy atom. The van der Waals surface area contributed by atoms with Gasteiger partial charge in [-0.3, -0.25) is 14.5 Å². The van der Waals surface area contributed by atoms with Gasteiger partial charge in [0.1, 0.15) is 17.0 Å². The lowest BCUT2D eigenvalue weighted by Gasteiger charge is -2.09. The number of carbonyl (C=O) groups excluding carboxylic acids is 3. The average molecular weight is 1010 g/mol. The Kier molecular flexibility index (Phi) is 14.4. The number of esters is 3. The van der Waals surface area contributed by atoms with Gasteiger partial charge in [-0.05, 0) is 71.8 Å². The van der Waals surface area contributed by atoms with Crippen molar-refractivity contribution in [1.82, 2.24) is 29.8 Å². The fourth-order valence-corrected chi connectivity index (χ4v) is 7.62. The van der Waals surface area contributed by atoms with Crippen LogP contribution in [0.1, 0.15) is 42.2 Å². The lowest BCUT2D eigenvalue weighted by atomic mass is 10.1. The molecular weight excluding hydrogens is 968 g/mol. The number of hydrogen-bond acceptors (Lipinski definition) is 11. The number of methoxy groups -OCH3 is 5. The highest BCUT2D eigenvalue weighted by molar-refractivity contribution is 9.11. The monoisotopic (exact) mass is 1000 g/mol. The molecule has 0 atom stereocenters. The van der Waals surface area contributed by atoms with Crippen LogP contribution >= 0.6 is 47.8 Å². The highest BCUT2D eigenvalue weighted by atomic mass is 79.9. The van der Waals surface area contributed by atoms with E-state index < -0.39 is 5.97 Å². The molecule has 5 aromatic carbocycles. The van der Waals surface area contributed by atoms with E-state index in [1.165, 1.54) is 21.3 Å². The molecule has 8 aromatic rings. The van der Waals surface area contributed by atoms with Crippen molar-refractivity contribution in [2.24, 2.45) is 0 Å². The first kappa shape index (κ1) is 43.5. The van der Waals surface area contributed by atoms with Gasteiger partial charge in [-0.1, -0.05) is 72.1 Å². The molecule has 0 aliphatic rings. The van der Waals surface area contributed by atoms with E-state index in [-0.39, 0.29) is 11.9 Å². The van der Waals surface area contributed by atoms with Crippen molar-refractivity contribution in [3.8, 4) is 11.5 Å². The maximum atomic E-state index is 12.1. The van der Waals surface area contributed by atoms with Gasteiger partial charge >= 0.3 is 17.9 Å². The zero-order chi connectivity index (χ0) is 42.9. The summed E-state index contributed by atoms with van der Waals surface area (Å²) in [5.41, 5.74) is 5.67. The Balaban J connectivity index is 0.000000156. The Morgan fingerprint density at radius 2 is 1.10 bits per heavy atom. The number of nitrogens with zero attached hydrogens (tertiary/aromatic N) is 5. The van der Waals surface area contributed by atoms with Gasteiger partial charge in [0.2, 0.25) is 0 Å². The first-order valence-electron chi connectivity index (χ1n) is 17.9. The summed E-state index contributed by atoms with van der Waals surface area (Å²) in [7, 11) is 7.37. The van der Waals surface area contributed by atoms with Crippen LogP contribution in [0.4, 0.5) is 0 Å². The van der Waals surface area contributed by atoms with Crippen molar-refractivity contribution in [2.75, 3.05) is 35.5 Å². The van der Waals surface area contributed by atoms with E-state index >= 15 is 0 Å². The normalized spacial score (nSPS) is 10.7. The molecule has 60 heavy (non-hydrogen) atoms. The first-order valence-corrected chi connectivity index (χ1v) is 20.3. The molecule has 0 saturated heterocycles. The molecule has 0 radical (unpaired) electrons. The van der Waals surface area contributed by atoms with Crippen LogP contribution in [0.5, 0.6) is 11.5 Å². The maximum absolute atomic E-state index is 12.1. The van der Waals surface area contributed by atoms with E-state index in [9.17, 15) is 14.4 Å². The zero-order valence-corrected chi connectivity index (χ0v) is 37.6. The number of benzene rings is 5. The molecule has 0 unspecified atom stereocenters. The third-order valence-electron chi connectivity index (χ3n) is 9.04. The van der Waals surface area contributed by atoms with Crippen LogP contribution in [0.3, 0.4) is 0 Å². The molecule has 1 N–H and O–H groups in total. The van der Waals surface area contributed by atoms with Crippen LogP contribution in [-0.2, 0) is 27.3 Å². The molecule has 0 amide bonds. The van der Waals surface area contributed by atoms with Crippen molar-refractivity contribution < 1.29 is 38.1 Å². The smallest absolute Gasteiger partial charge is 0.340 e. The molecule has 3 aromatic heterocycles. The molecule has 0 spiro atoms. The molecule has 3 heterocycles. The third-order valence-corrected chi connectivity index (χ3v) is 10.4. The molecule has 0 bridgehead atoms. The SMILES string of the molecule is COC(=O)c1cc(Br)cc2cn(Cc3ccc(OC)cc3)nc12.COC(=O)c1cc(Br)cc2cn[nH]c12.COC(=O)c1cc(Br)cc2cnn(Cc3ccc(OC)cc3)c12. The number of H-pyrrole nitrogens is 1. The fraction of sp³-hybridized carbons (Fsp3) is 0.163. The van der Waals surface area contributed by atoms with Crippen molar-refractivity contribution >= 4 is 98.4 Å². The lowest BCUT2D eigenvalue weighted by molar-refractivity contribution is 0.0593. The van der Waals surface area contributed by atoms with Gasteiger partial charge in [0.25, 0.3) is 0 Å². The third kappa shape index (κ3) is 10.2. The van der Waals surface area contributed by atoms with Gasteiger partial charge < -0.3 is 23.7 Å². The number of ether oxygens (including phenoxy) is 5. The van der Waals surface area contributed by atoms with Gasteiger partial charge in [0.15, 0.2) is 0 Å². The predicted octanol–water partition coefficient (Wildman–Crippen LogP) is 9.40. The Labute approximate surface area is 369 Å². The number of aromatic amines is 1. The van der Waals surface area contributed by atoms with Crippen LogP contribution < -0.4 is 9.47 Å². The highest BCUT2D eigenvalue weighted by Crippen LogP contribution is 2.27. The van der Waals surface area contributed by atoms with E-state index in [0.29, 0.717) is 40.8 Å². The summed E-state index contributed by atoms with van der Waals surface area (Å²) in [6, 6.07) is 26.5. The summed E-state index contributed by atoms with van der Waals surface area (Å²) < 4.78 is 30.8. The second kappa shape index (κ2) is 19.8. The van der Waals surface area contributed by atoms with Gasteiger partial charge in [-0.25, -0.2) is 14.4 Å². The van der Waals surface area contributed by atoms with Gasteiger partial charge in [0.05, 0.1) is 88.8 Å². The largest absolute Gasteiger partial charge is 0.497 e. The topological polar surface area (TPSA) is 162 Å². The number of halogens is 3. The minimum absolute atomic E-state index is 0.374. The Hall–Kier alpha value is -6.04. The van der Waals surface area contributed by atoms with Crippen LogP contribution in [0, 0.1) is 0 Å². The van der Waals surface area contributed by atoms with Crippen molar-refractivity contribution in [3.63, 3.8) is 0 Å². The van der Waals surface area contributed by atoms with Gasteiger partial charge in [0, 0.05) is 35.8 Å². The number of rotatable bonds is 9. The summed E-state index contributed by atoms with van der Waals surface area (Å²) >= 11 is 10.1. The second-order valence-corrected chi connectivity index (χ2v) is 15.6. The van der Waals surface area contributed by atoms with Crippen LogP contribution in [-0.4, -0.2) is 83.2 Å². The van der Waals surface area contributed by atoms with Crippen LogP contribution in [0.2, 0.25) is 0 Å². The minimum atomic E-state index is -0.397. The average Bonchev–Trinajstić information content (AvgIpc) is 4.01. The number of hydrogen-bond donors (Lipinski definition) is 1. The van der Waals surface area contributed by atoms with Crippen LogP contribution in [0.25, 0.3) is 32.7 Å². The fourth-order valence-electron chi connectivity index (χ4n) is 6.19. The lowest BCUT2D eigenvalue weighted by Crippen LogP contribution is -2.08. The Bertz CT molecular complexity index is 2790. The van der Waals surface area contributed by atoms with E-state index in [1.54, 1.807) is 49.5 Å². The summed E-state index contributed by atoms with van der Waals surface area (Å²) in [6.07, 6.45) is 5.32. The van der Waals surface area contributed by atoms with E-state index in [0.717, 1.165) is 57.7 Å². The molecule has 0 saturated carbocycles. The molecule has 0 aliphatic heterocycles. The van der Waals surface area contributed by atoms with E-state index in [4.69, 9.17) is 18.9 Å². The van der Waals surface area contributed by atoms with E-state index in [2.05, 4.69) is 72.9 Å². The first-order chi connectivity index (χ1) is 28.9. The van der Waals surface area contributed by atoms with Gasteiger partial charge in [-0.2, -0.15) is 15.3 Å². The maximum Gasteiger partial charge on any atom is 0.340 e. The zero-order valence-electron chi connectivity index (χ0n) is 32.9. The summed E-state index contributed by atoms with van der Waals surface area (Å²) in [4.78, 5) is 35.4. The van der Waals surface area contributed by atoms with E-state index in [1.807, 2.05) is 77.6 Å². The van der Waals surface area contributed by atoms with Crippen molar-refractivity contribution in [2.45, 2.75) is 13.1 Å². The molecule has 308 valence electrons. The molecule has 0 aliphatic carbocycles. The number of fused-ring (bicyclic) bond motifs is 3. The summed E-state index contributed by atoms with van der Waals surface area (Å²) in [5.74, 6) is 0.467. The minimum Gasteiger partial charge on any atom is -0.497 e. The second-order valence-electron chi connectivity index (χ2n) is 12.9. The standard InChI is InChI=1S/2C17H15BrN2O3.C9H7BrN2O2/c1-22-14-5-3-11(4-6-14)10-20-16-12(9-19-20)7-13(18)8-15(16)17(21)23-2;1-22-14-5-3-11(4-6-14)9-20-10-12-7-13(18)8-15(16(12)19-20)17(21)23-2;1-14-9(13)7-3-6(10)2-5-4-11-12-8(5)7/h3-9H,10H2,1-2H3;3-8,10H,9H2,1-2H3;2-4H,1H3,(H,11,12). The molecule has 8 rings (SSSR count). The molecule has 17 heteroatoms.